The molecule has 4 aliphatic heterocycles. The third-order valence-electron chi connectivity index (χ3n) is 29.6. The van der Waals surface area contributed by atoms with Gasteiger partial charge in [0.25, 0.3) is 23.6 Å². The van der Waals surface area contributed by atoms with Gasteiger partial charge in [-0.2, -0.15) is 0 Å². The third-order valence-corrected chi connectivity index (χ3v) is 33.9. The molecule has 0 saturated heterocycles. The number of ether oxygens (including phenoxy) is 2. The largest absolute Gasteiger partial charge is 0.493 e. The fourth-order valence-electron chi connectivity index (χ4n) is 19.7. The molecule has 0 saturated carbocycles. The number of thiophene rings is 4. The van der Waals surface area contributed by atoms with Crippen LogP contribution in [0.15, 0.2) is 179 Å². The highest BCUT2D eigenvalue weighted by atomic mass is 32.1. The zero-order valence-corrected chi connectivity index (χ0v) is 91.3. The van der Waals surface area contributed by atoms with Crippen molar-refractivity contribution in [3.8, 4) is 53.3 Å². The predicted octanol–water partition coefficient (Wildman–Crippen LogP) is 36.0. The van der Waals surface area contributed by atoms with Crippen LogP contribution >= 0.6 is 45.3 Å². The molecule has 8 atom stereocenters. The number of carbonyl (C=O) groups excluding carboxylic acids is 4. The fourth-order valence-corrected chi connectivity index (χ4v) is 23.6. The van der Waals surface area contributed by atoms with Crippen molar-refractivity contribution in [3.05, 3.63) is 210 Å². The van der Waals surface area contributed by atoms with E-state index < -0.39 is 0 Å². The Morgan fingerprint density at radius 1 is 0.243 bits per heavy atom. The van der Waals surface area contributed by atoms with Crippen LogP contribution in [0.2, 0.25) is 0 Å². The Balaban J connectivity index is 0.000000217. The molecule has 12 rings (SSSR count). The highest BCUT2D eigenvalue weighted by Gasteiger charge is 2.50. The quantitative estimate of drug-likeness (QED) is 0.0377. The zero-order valence-electron chi connectivity index (χ0n) is 88.0. The summed E-state index contributed by atoms with van der Waals surface area (Å²) in [6.07, 6.45) is 43.3. The molecule has 4 aliphatic rings. The lowest BCUT2D eigenvalue weighted by Crippen LogP contribution is -2.34. The SMILES string of the molecule is CCCCC(CC)CCc1ccc(-c2ccc(C)s2)cc1.CCCCC(CC)CCc1ccc(-c2ccc(C3=C4C(=O)N(CC(CC)CCCC)C(C)=C4C(=O)N3CC(CC)CCCC)s2)cc1.CCCCC(CC)COc1ccc(-c2ccc(C)s2)cc1.CCCCC(CC)COc1ccc(-c2ccc(C3=C4C(=O)N(CC(CC)CCCC)C(C)=C4C(=O)N3CC(CC)CCCC)s2)cc1. The van der Waals surface area contributed by atoms with Gasteiger partial charge in [-0.25, -0.2) is 0 Å². The summed E-state index contributed by atoms with van der Waals surface area (Å²) in [4.78, 5) is 74.6. The van der Waals surface area contributed by atoms with Crippen molar-refractivity contribution in [3.63, 3.8) is 0 Å². The smallest absolute Gasteiger partial charge is 0.261 e. The van der Waals surface area contributed by atoms with Crippen molar-refractivity contribution in [1.82, 2.24) is 19.6 Å². The van der Waals surface area contributed by atoms with Gasteiger partial charge in [0.1, 0.15) is 11.5 Å². The van der Waals surface area contributed by atoms with Crippen LogP contribution in [0.4, 0.5) is 0 Å². The summed E-state index contributed by atoms with van der Waals surface area (Å²) in [5.41, 5.74) is 13.7. The molecule has 136 heavy (non-hydrogen) atoms. The minimum Gasteiger partial charge on any atom is -0.493 e. The van der Waals surface area contributed by atoms with Gasteiger partial charge >= 0.3 is 0 Å². The maximum Gasteiger partial charge on any atom is 0.261 e. The van der Waals surface area contributed by atoms with Crippen LogP contribution in [0.25, 0.3) is 53.2 Å². The molecule has 4 amide bonds. The molecule has 0 bridgehead atoms. The van der Waals surface area contributed by atoms with Crippen LogP contribution in [0.5, 0.6) is 11.5 Å². The number of fused-ring (bicyclic) bond motifs is 2. The average molecular weight is 1920 g/mol. The summed E-state index contributed by atoms with van der Waals surface area (Å²) >= 11 is 7.11. The van der Waals surface area contributed by atoms with Gasteiger partial charge in [-0.15, -0.1) is 45.3 Å². The Hall–Kier alpha value is -7.88. The summed E-state index contributed by atoms with van der Waals surface area (Å²) in [7, 11) is 0. The maximum absolute atomic E-state index is 14.3. The van der Waals surface area contributed by atoms with E-state index in [-0.39, 0.29) is 23.6 Å². The minimum absolute atomic E-state index is 0.000627. The summed E-state index contributed by atoms with van der Waals surface area (Å²) in [6.45, 7) is 48.6. The first-order valence-electron chi connectivity index (χ1n) is 54.2. The zero-order chi connectivity index (χ0) is 98.0. The Labute approximate surface area is 841 Å². The molecule has 8 aromatic rings. The Bertz CT molecular complexity index is 4700. The number of amides is 4. The Morgan fingerprint density at radius 2 is 0.478 bits per heavy atom. The topological polar surface area (TPSA) is 99.7 Å². The van der Waals surface area contributed by atoms with E-state index in [1.165, 1.54) is 174 Å². The van der Waals surface area contributed by atoms with Gasteiger partial charge in [0.15, 0.2) is 0 Å². The number of carbonyl (C=O) groups is 4. The number of hydrogen-bond acceptors (Lipinski definition) is 10. The number of rotatable bonds is 58. The molecule has 8 unspecified atom stereocenters. The van der Waals surface area contributed by atoms with Gasteiger partial charge in [-0.3, -0.25) is 19.2 Å². The molecule has 14 heteroatoms. The van der Waals surface area contributed by atoms with Crippen molar-refractivity contribution in [1.29, 1.82) is 0 Å². The molecule has 0 aliphatic carbocycles. The minimum atomic E-state index is 0.000627. The molecular weight excluding hydrogens is 1750 g/mol. The van der Waals surface area contributed by atoms with Crippen molar-refractivity contribution in [2.75, 3.05) is 39.4 Å². The molecule has 0 fully saturated rings. The summed E-state index contributed by atoms with van der Waals surface area (Å²) < 4.78 is 12.1. The number of benzene rings is 4. The molecule has 10 nitrogen and oxygen atoms in total. The lowest BCUT2D eigenvalue weighted by atomic mass is 9.92. The maximum atomic E-state index is 14.3. The normalized spacial score (nSPS) is 15.5. The summed E-state index contributed by atoms with van der Waals surface area (Å²) in [5.74, 6) is 6.63. The Kier molecular flexibility index (Phi) is 49.0. The van der Waals surface area contributed by atoms with E-state index in [1.807, 2.05) is 56.1 Å². The first-order valence-corrected chi connectivity index (χ1v) is 57.5. The lowest BCUT2D eigenvalue weighted by Gasteiger charge is -2.28. The number of hydrogen-bond donors (Lipinski definition) is 0. The second-order valence-corrected chi connectivity index (χ2v) is 44.4. The Morgan fingerprint density at radius 3 is 0.743 bits per heavy atom. The lowest BCUT2D eigenvalue weighted by molar-refractivity contribution is -0.125. The van der Waals surface area contributed by atoms with E-state index in [4.69, 9.17) is 9.47 Å². The van der Waals surface area contributed by atoms with E-state index in [1.54, 1.807) is 22.7 Å². The van der Waals surface area contributed by atoms with Crippen LogP contribution in [0, 0.1) is 61.2 Å². The highest BCUT2D eigenvalue weighted by molar-refractivity contribution is 7.17. The van der Waals surface area contributed by atoms with E-state index >= 15 is 0 Å². The first kappa shape index (κ1) is 112. The van der Waals surface area contributed by atoms with Crippen molar-refractivity contribution in [2.45, 2.75) is 370 Å². The van der Waals surface area contributed by atoms with E-state index in [0.29, 0.717) is 84.0 Å². The third kappa shape index (κ3) is 32.1. The second kappa shape index (κ2) is 59.6. The average Bonchev–Trinajstić information content (AvgIpc) is 1.57. The number of allylic oxidation sites excluding steroid dienone is 2. The van der Waals surface area contributed by atoms with Gasteiger partial charge in [0, 0.05) is 66.8 Å². The molecule has 744 valence electrons. The number of nitrogens with zero attached hydrogens (tertiary/aromatic N) is 4. The van der Waals surface area contributed by atoms with Crippen LogP contribution < -0.4 is 9.47 Å². The number of unbranched alkanes of at least 4 members (excludes halogenated alkanes) is 8. The van der Waals surface area contributed by atoms with E-state index in [2.05, 4.69) is 270 Å². The molecule has 0 radical (unpaired) electrons. The van der Waals surface area contributed by atoms with Crippen LogP contribution in [-0.4, -0.2) is 82.6 Å². The molecule has 8 heterocycles. The van der Waals surface area contributed by atoms with Crippen LogP contribution in [-0.2, 0) is 32.0 Å². The van der Waals surface area contributed by atoms with E-state index in [9.17, 15) is 19.2 Å². The van der Waals surface area contributed by atoms with Gasteiger partial charge in [0.2, 0.25) is 0 Å². The van der Waals surface area contributed by atoms with Gasteiger partial charge in [-0.05, 0) is 270 Å². The van der Waals surface area contributed by atoms with Crippen molar-refractivity contribution in [2.24, 2.45) is 47.3 Å². The van der Waals surface area contributed by atoms with Gasteiger partial charge < -0.3 is 29.1 Å². The molecular formula is C122H176N4O6S4. The standard InChI is InChI=1S/C42H62N2O2S.C41H60N2O3S.C20H28S.C19H26OS/c1-8-14-17-31(11-4)20-21-34-22-24-35(25-23-34)36-26-27-37(47-36)40-39-38(41(45)44(40)29-33(13-6)19-16-10-3)30(7)43(42(39)46)28-32(12-5)18-15-9-2;1-8-14-17-30(11-4)26-42-29(7)37-38(41(42)45)39(43(40(37)44)27-31(12-5)18-15-9-2)36-25-24-35(47-36)33-20-22-34(23-21-33)46-28-32(13-6)19-16-10-3;1-4-6-7-17(5-2)9-10-18-11-13-19(14-12-18)20-15-8-16(3)21-20;1-4-6-7-16(5-2)14-20-18-11-9-17(10-12-18)19-13-8-15(3)21-19/h22-27,31-33H,8-21,28-29H2,1-7H3;20-25,30-32H,8-19,26-28H2,1-7H3;8,11-15,17H,4-7,9-10H2,1-3H3;8-13,16H,4-7,14H2,1-3H3. The van der Waals surface area contributed by atoms with Crippen molar-refractivity contribution < 1.29 is 28.7 Å². The monoisotopic (exact) mass is 1920 g/mol. The molecule has 4 aromatic heterocycles. The molecule has 0 spiro atoms. The van der Waals surface area contributed by atoms with E-state index in [0.717, 1.165) is 189 Å². The summed E-state index contributed by atoms with van der Waals surface area (Å²) in [6, 6.07) is 52.6. The second-order valence-electron chi connectivity index (χ2n) is 39.7. The predicted molar refractivity (Wildman–Crippen MR) is 589 cm³/mol. The fraction of sp³-hybridized carbons (Fsp3) is 0.574. The molecule has 0 N–H and O–H groups in total. The van der Waals surface area contributed by atoms with Gasteiger partial charge in [-0.1, -0.05) is 326 Å². The van der Waals surface area contributed by atoms with Crippen molar-refractivity contribution >= 4 is 80.4 Å². The van der Waals surface area contributed by atoms with Gasteiger partial charge in [0.05, 0.1) is 56.7 Å². The van der Waals surface area contributed by atoms with Crippen LogP contribution in [0.1, 0.15) is 374 Å². The number of aryl methyl sites for hydroxylation is 4. The first-order chi connectivity index (χ1) is 66.1. The van der Waals surface area contributed by atoms with Crippen LogP contribution in [0.3, 0.4) is 0 Å². The molecule has 4 aromatic carbocycles. The summed E-state index contributed by atoms with van der Waals surface area (Å²) in [5, 5.41) is 0. The highest BCUT2D eigenvalue weighted by Crippen LogP contribution is 2.50.